The van der Waals surface area contributed by atoms with Crippen molar-refractivity contribution in [3.8, 4) is 0 Å². The van der Waals surface area contributed by atoms with Crippen LogP contribution in [0, 0.1) is 0 Å². The quantitative estimate of drug-likeness (QED) is 0.806. The molecule has 20 heavy (non-hydrogen) atoms. The van der Waals surface area contributed by atoms with Gasteiger partial charge < -0.3 is 9.84 Å². The van der Waals surface area contributed by atoms with Crippen molar-refractivity contribution in [2.45, 2.75) is 44.8 Å². The molecule has 2 unspecified atom stereocenters. The molecular weight excluding hydrogens is 284 g/mol. The number of ether oxygens (including phenoxy) is 1. The molecule has 0 aliphatic carbocycles. The van der Waals surface area contributed by atoms with Crippen molar-refractivity contribution >= 4 is 16.2 Å². The lowest BCUT2D eigenvalue weighted by atomic mass is 10.1. The molecule has 0 aromatic carbocycles. The number of nitrogens with zero attached hydrogens (tertiary/aromatic N) is 2. The van der Waals surface area contributed by atoms with E-state index in [4.69, 9.17) is 9.84 Å². The molecule has 8 heteroatoms. The van der Waals surface area contributed by atoms with Crippen molar-refractivity contribution in [3.63, 3.8) is 0 Å². The van der Waals surface area contributed by atoms with Crippen molar-refractivity contribution in [1.29, 1.82) is 0 Å². The molecule has 0 bridgehead atoms. The average Bonchev–Trinajstić information content (AvgIpc) is 2.38. The Labute approximate surface area is 119 Å². The maximum absolute atomic E-state index is 12.6. The van der Waals surface area contributed by atoms with Gasteiger partial charge >= 0.3 is 5.97 Å². The normalized spacial score (nSPS) is 30.2. The minimum atomic E-state index is -3.51. The Kier molecular flexibility index (Phi) is 5.00. The summed E-state index contributed by atoms with van der Waals surface area (Å²) >= 11 is 0. The average molecular weight is 306 g/mol. The van der Waals surface area contributed by atoms with Gasteiger partial charge in [0, 0.05) is 25.7 Å². The summed E-state index contributed by atoms with van der Waals surface area (Å²) in [6.07, 6.45) is 2.09. The second-order valence-corrected chi connectivity index (χ2v) is 7.29. The first-order valence-electron chi connectivity index (χ1n) is 7.01. The van der Waals surface area contributed by atoms with Crippen molar-refractivity contribution in [1.82, 2.24) is 8.61 Å². The van der Waals surface area contributed by atoms with Crippen molar-refractivity contribution in [3.05, 3.63) is 0 Å². The summed E-state index contributed by atoms with van der Waals surface area (Å²) in [4.78, 5) is 10.7. The minimum Gasteiger partial charge on any atom is -0.481 e. The number of morpholine rings is 1. The van der Waals surface area contributed by atoms with Crippen LogP contribution in [0.5, 0.6) is 0 Å². The molecule has 2 aliphatic heterocycles. The van der Waals surface area contributed by atoms with E-state index >= 15 is 0 Å². The lowest BCUT2D eigenvalue weighted by Crippen LogP contribution is -2.54. The van der Waals surface area contributed by atoms with E-state index in [-0.39, 0.29) is 25.6 Å². The molecule has 7 nitrogen and oxygen atoms in total. The fraction of sp³-hybridized carbons (Fsp3) is 0.917. The molecule has 0 amide bonds. The van der Waals surface area contributed by atoms with E-state index in [1.807, 2.05) is 6.92 Å². The first kappa shape index (κ1) is 15.7. The van der Waals surface area contributed by atoms with Gasteiger partial charge in [-0.15, -0.1) is 0 Å². The van der Waals surface area contributed by atoms with Gasteiger partial charge in [-0.1, -0.05) is 6.42 Å². The molecule has 2 atom stereocenters. The number of aliphatic carboxylic acids is 1. The highest BCUT2D eigenvalue weighted by Crippen LogP contribution is 2.24. The molecule has 116 valence electrons. The minimum absolute atomic E-state index is 0.00881. The summed E-state index contributed by atoms with van der Waals surface area (Å²) in [5.41, 5.74) is 0. The SMILES string of the molecule is CC1CCCCN1S(=O)(=O)N1CCOC(CC(=O)O)C1. The first-order valence-corrected chi connectivity index (χ1v) is 8.41. The van der Waals surface area contributed by atoms with Crippen LogP contribution in [0.2, 0.25) is 0 Å². The van der Waals surface area contributed by atoms with Gasteiger partial charge in [0.2, 0.25) is 0 Å². The highest BCUT2D eigenvalue weighted by atomic mass is 32.2. The maximum Gasteiger partial charge on any atom is 0.306 e. The third-order valence-corrected chi connectivity index (χ3v) is 5.99. The second kappa shape index (κ2) is 6.38. The van der Waals surface area contributed by atoms with Gasteiger partial charge in [0.15, 0.2) is 0 Å². The van der Waals surface area contributed by atoms with Gasteiger partial charge in [0.25, 0.3) is 10.2 Å². The second-order valence-electron chi connectivity index (χ2n) is 5.41. The molecule has 0 saturated carbocycles. The van der Waals surface area contributed by atoms with Crippen LogP contribution in [0.15, 0.2) is 0 Å². The molecule has 2 fully saturated rings. The number of piperidine rings is 1. The van der Waals surface area contributed by atoms with Crippen LogP contribution < -0.4 is 0 Å². The summed E-state index contributed by atoms with van der Waals surface area (Å²) in [6.45, 7) is 3.13. The first-order chi connectivity index (χ1) is 9.41. The van der Waals surface area contributed by atoms with Crippen LogP contribution >= 0.6 is 0 Å². The summed E-state index contributed by atoms with van der Waals surface area (Å²) in [7, 11) is -3.51. The van der Waals surface area contributed by atoms with Crippen molar-refractivity contribution < 1.29 is 23.1 Å². The molecule has 0 aromatic heterocycles. The molecule has 2 aliphatic rings. The van der Waals surface area contributed by atoms with E-state index in [0.29, 0.717) is 13.1 Å². The molecule has 2 rings (SSSR count). The molecule has 2 saturated heterocycles. The Morgan fingerprint density at radius 1 is 1.35 bits per heavy atom. The predicted molar refractivity (Wildman–Crippen MR) is 72.5 cm³/mol. The monoisotopic (exact) mass is 306 g/mol. The number of carbonyl (C=O) groups is 1. The topological polar surface area (TPSA) is 87.2 Å². The van der Waals surface area contributed by atoms with E-state index in [1.165, 1.54) is 4.31 Å². The summed E-state index contributed by atoms with van der Waals surface area (Å²) < 4.78 is 33.5. The number of hydrogen-bond acceptors (Lipinski definition) is 4. The molecule has 0 radical (unpaired) electrons. The number of rotatable bonds is 4. The van der Waals surface area contributed by atoms with Gasteiger partial charge in [-0.05, 0) is 19.8 Å². The Balaban J connectivity index is 2.06. The molecule has 2 heterocycles. The van der Waals surface area contributed by atoms with Crippen LogP contribution in [-0.2, 0) is 19.7 Å². The lowest BCUT2D eigenvalue weighted by molar-refractivity contribution is -0.141. The molecule has 1 N–H and O–H groups in total. The van der Waals surface area contributed by atoms with Crippen molar-refractivity contribution in [2.75, 3.05) is 26.2 Å². The Bertz CT molecular complexity index is 453. The molecular formula is C12H22N2O5S. The van der Waals surface area contributed by atoms with Gasteiger partial charge in [-0.25, -0.2) is 0 Å². The highest BCUT2D eigenvalue weighted by molar-refractivity contribution is 7.86. The van der Waals surface area contributed by atoms with Gasteiger partial charge in [0.05, 0.1) is 19.1 Å². The van der Waals surface area contributed by atoms with E-state index in [0.717, 1.165) is 19.3 Å². The highest BCUT2D eigenvalue weighted by Gasteiger charge is 2.37. The zero-order valence-corrected chi connectivity index (χ0v) is 12.5. The van der Waals surface area contributed by atoms with E-state index in [9.17, 15) is 13.2 Å². The van der Waals surface area contributed by atoms with Crippen LogP contribution in [0.25, 0.3) is 0 Å². The van der Waals surface area contributed by atoms with Gasteiger partial charge in [-0.3, -0.25) is 4.79 Å². The molecule has 0 aromatic rings. The van der Waals surface area contributed by atoms with E-state index in [2.05, 4.69) is 0 Å². The lowest BCUT2D eigenvalue weighted by Gasteiger charge is -2.39. The third-order valence-electron chi connectivity index (χ3n) is 3.87. The summed E-state index contributed by atoms with van der Waals surface area (Å²) in [5.74, 6) is -0.972. The maximum atomic E-state index is 12.6. The fourth-order valence-corrected chi connectivity index (χ4v) is 4.66. The third kappa shape index (κ3) is 3.49. The van der Waals surface area contributed by atoms with E-state index < -0.39 is 22.3 Å². The zero-order valence-electron chi connectivity index (χ0n) is 11.7. The van der Waals surface area contributed by atoms with Crippen molar-refractivity contribution in [2.24, 2.45) is 0 Å². The Morgan fingerprint density at radius 3 is 2.75 bits per heavy atom. The zero-order chi connectivity index (χ0) is 14.8. The van der Waals surface area contributed by atoms with Gasteiger partial charge in [0.1, 0.15) is 0 Å². The summed E-state index contributed by atoms with van der Waals surface area (Å²) in [6, 6.07) is 0.00881. The van der Waals surface area contributed by atoms with Crippen LogP contribution in [-0.4, -0.2) is 66.5 Å². The van der Waals surface area contributed by atoms with E-state index in [1.54, 1.807) is 4.31 Å². The Hall–Kier alpha value is -0.700. The number of hydrogen-bond donors (Lipinski definition) is 1. The van der Waals surface area contributed by atoms with Crippen LogP contribution in [0.3, 0.4) is 0 Å². The largest absolute Gasteiger partial charge is 0.481 e. The Morgan fingerprint density at radius 2 is 2.10 bits per heavy atom. The van der Waals surface area contributed by atoms with Gasteiger partial charge in [-0.2, -0.15) is 17.0 Å². The van der Waals surface area contributed by atoms with Crippen LogP contribution in [0.4, 0.5) is 0 Å². The number of carboxylic acids is 1. The predicted octanol–water partition coefficient (Wildman–Crippen LogP) is 0.281. The molecule has 0 spiro atoms. The van der Waals surface area contributed by atoms with Crippen LogP contribution in [0.1, 0.15) is 32.6 Å². The number of carboxylic acid groups (broad SMARTS) is 1. The smallest absolute Gasteiger partial charge is 0.306 e. The standard InChI is InChI=1S/C12H22N2O5S/c1-10-4-2-3-5-14(10)20(17,18)13-6-7-19-11(9-13)8-12(15)16/h10-11H,2-9H2,1H3,(H,15,16). The summed E-state index contributed by atoms with van der Waals surface area (Å²) in [5, 5.41) is 8.79. The fourth-order valence-electron chi connectivity index (χ4n) is 2.78.